The van der Waals surface area contributed by atoms with Gasteiger partial charge in [-0.1, -0.05) is 26.3 Å². The summed E-state index contributed by atoms with van der Waals surface area (Å²) in [4.78, 5) is 0. The predicted octanol–water partition coefficient (Wildman–Crippen LogP) is 3.84. The lowest BCUT2D eigenvalue weighted by atomic mass is 9.83. The van der Waals surface area contributed by atoms with Gasteiger partial charge in [-0.3, -0.25) is 0 Å². The Hall–Kier alpha value is -0.890. The molecule has 0 heterocycles. The van der Waals surface area contributed by atoms with Crippen LogP contribution in [-0.2, 0) is 5.60 Å². The zero-order chi connectivity index (χ0) is 12.3. The molecule has 0 bridgehead atoms. The molecule has 0 aliphatic heterocycles. The monoisotopic (exact) mass is 224 g/mol. The van der Waals surface area contributed by atoms with Crippen molar-refractivity contribution in [1.82, 2.24) is 0 Å². The zero-order valence-electron chi connectivity index (χ0n) is 10.6. The van der Waals surface area contributed by atoms with Crippen molar-refractivity contribution in [1.29, 1.82) is 0 Å². The van der Waals surface area contributed by atoms with Crippen LogP contribution in [-0.4, -0.2) is 5.11 Å². The van der Waals surface area contributed by atoms with Crippen molar-refractivity contribution < 1.29 is 9.50 Å². The molecule has 0 fully saturated rings. The molecule has 0 aliphatic rings. The Bertz CT molecular complexity index is 350. The van der Waals surface area contributed by atoms with Gasteiger partial charge >= 0.3 is 0 Å². The molecular formula is C14H21FO. The van der Waals surface area contributed by atoms with Crippen molar-refractivity contribution in [2.75, 3.05) is 0 Å². The SMILES string of the molecule is CCCC(O)(CC)c1c(C)cc(C)cc1F. The van der Waals surface area contributed by atoms with Gasteiger partial charge in [0.15, 0.2) is 0 Å². The number of hydrogen-bond acceptors (Lipinski definition) is 1. The maximum atomic E-state index is 14.0. The summed E-state index contributed by atoms with van der Waals surface area (Å²) >= 11 is 0. The van der Waals surface area contributed by atoms with E-state index in [-0.39, 0.29) is 5.82 Å². The molecule has 1 N–H and O–H groups in total. The molecule has 1 nitrogen and oxygen atoms in total. The zero-order valence-corrected chi connectivity index (χ0v) is 10.6. The quantitative estimate of drug-likeness (QED) is 0.823. The largest absolute Gasteiger partial charge is 0.385 e. The molecule has 16 heavy (non-hydrogen) atoms. The fraction of sp³-hybridized carbons (Fsp3) is 0.571. The van der Waals surface area contributed by atoms with Crippen LogP contribution in [0.4, 0.5) is 4.39 Å². The second-order valence-electron chi connectivity index (χ2n) is 4.57. The Kier molecular flexibility index (Phi) is 4.09. The first kappa shape index (κ1) is 13.2. The predicted molar refractivity (Wildman–Crippen MR) is 65.0 cm³/mol. The Labute approximate surface area is 97.3 Å². The maximum absolute atomic E-state index is 14.0. The number of benzene rings is 1. The normalized spacial score (nSPS) is 14.9. The van der Waals surface area contributed by atoms with E-state index in [1.54, 1.807) is 0 Å². The highest BCUT2D eigenvalue weighted by atomic mass is 19.1. The van der Waals surface area contributed by atoms with Gasteiger partial charge in [0, 0.05) is 5.56 Å². The third kappa shape index (κ3) is 2.43. The Morgan fingerprint density at radius 1 is 1.25 bits per heavy atom. The second-order valence-corrected chi connectivity index (χ2v) is 4.57. The Morgan fingerprint density at radius 2 is 1.88 bits per heavy atom. The highest BCUT2D eigenvalue weighted by molar-refractivity contribution is 5.36. The van der Waals surface area contributed by atoms with Gasteiger partial charge in [0.05, 0.1) is 5.60 Å². The van der Waals surface area contributed by atoms with Gasteiger partial charge in [-0.15, -0.1) is 0 Å². The lowest BCUT2D eigenvalue weighted by Crippen LogP contribution is -2.27. The van der Waals surface area contributed by atoms with Gasteiger partial charge in [-0.2, -0.15) is 0 Å². The highest BCUT2D eigenvalue weighted by Gasteiger charge is 2.30. The highest BCUT2D eigenvalue weighted by Crippen LogP contribution is 2.34. The van der Waals surface area contributed by atoms with E-state index in [0.717, 1.165) is 17.5 Å². The molecule has 0 saturated heterocycles. The Balaban J connectivity index is 3.30. The molecule has 1 aromatic carbocycles. The van der Waals surface area contributed by atoms with E-state index < -0.39 is 5.60 Å². The molecular weight excluding hydrogens is 203 g/mol. The van der Waals surface area contributed by atoms with Crippen molar-refractivity contribution in [2.45, 2.75) is 52.6 Å². The number of rotatable bonds is 4. The van der Waals surface area contributed by atoms with E-state index in [0.29, 0.717) is 18.4 Å². The van der Waals surface area contributed by atoms with Crippen LogP contribution >= 0.6 is 0 Å². The van der Waals surface area contributed by atoms with Crippen molar-refractivity contribution >= 4 is 0 Å². The summed E-state index contributed by atoms with van der Waals surface area (Å²) in [6, 6.07) is 3.42. The van der Waals surface area contributed by atoms with Gasteiger partial charge < -0.3 is 5.11 Å². The molecule has 0 aliphatic carbocycles. The van der Waals surface area contributed by atoms with Crippen molar-refractivity contribution in [3.63, 3.8) is 0 Å². The smallest absolute Gasteiger partial charge is 0.129 e. The summed E-state index contributed by atoms with van der Waals surface area (Å²) in [5.41, 5.74) is 1.20. The number of aryl methyl sites for hydroxylation is 2. The molecule has 0 spiro atoms. The summed E-state index contributed by atoms with van der Waals surface area (Å²) in [6.45, 7) is 7.63. The molecule has 90 valence electrons. The molecule has 1 aromatic rings. The van der Waals surface area contributed by atoms with Gasteiger partial charge in [0.1, 0.15) is 5.82 Å². The lowest BCUT2D eigenvalue weighted by molar-refractivity contribution is 0.0185. The van der Waals surface area contributed by atoms with E-state index in [4.69, 9.17) is 0 Å². The maximum Gasteiger partial charge on any atom is 0.129 e. The minimum Gasteiger partial charge on any atom is -0.385 e. The van der Waals surface area contributed by atoms with Crippen LogP contribution in [0.2, 0.25) is 0 Å². The molecule has 1 rings (SSSR count). The third-order valence-electron chi connectivity index (χ3n) is 3.15. The van der Waals surface area contributed by atoms with Crippen LogP contribution in [0.1, 0.15) is 49.8 Å². The second kappa shape index (κ2) is 4.96. The topological polar surface area (TPSA) is 20.2 Å². The fourth-order valence-electron chi connectivity index (χ4n) is 2.40. The molecule has 1 atom stereocenters. The van der Waals surface area contributed by atoms with E-state index in [9.17, 15) is 9.50 Å². The minimum absolute atomic E-state index is 0.282. The number of halogens is 1. The van der Waals surface area contributed by atoms with E-state index in [1.807, 2.05) is 33.8 Å². The van der Waals surface area contributed by atoms with Crippen LogP contribution in [0.25, 0.3) is 0 Å². The number of hydrogen-bond donors (Lipinski definition) is 1. The average molecular weight is 224 g/mol. The van der Waals surface area contributed by atoms with Crippen molar-refractivity contribution in [3.05, 3.63) is 34.6 Å². The van der Waals surface area contributed by atoms with Crippen LogP contribution in [0, 0.1) is 19.7 Å². The molecule has 0 saturated carbocycles. The first-order valence-electron chi connectivity index (χ1n) is 5.94. The molecule has 2 heteroatoms. The summed E-state index contributed by atoms with van der Waals surface area (Å²) in [5.74, 6) is -0.282. The first-order chi connectivity index (χ1) is 7.44. The number of aliphatic hydroxyl groups is 1. The summed E-state index contributed by atoms with van der Waals surface area (Å²) in [6.07, 6.45) is 1.99. The lowest BCUT2D eigenvalue weighted by Gasteiger charge is -2.29. The van der Waals surface area contributed by atoms with Crippen LogP contribution in [0.3, 0.4) is 0 Å². The van der Waals surface area contributed by atoms with E-state index >= 15 is 0 Å². The van der Waals surface area contributed by atoms with E-state index in [1.165, 1.54) is 6.07 Å². The van der Waals surface area contributed by atoms with Crippen LogP contribution in [0.15, 0.2) is 12.1 Å². The van der Waals surface area contributed by atoms with Crippen molar-refractivity contribution in [2.24, 2.45) is 0 Å². The van der Waals surface area contributed by atoms with Crippen LogP contribution < -0.4 is 0 Å². The average Bonchev–Trinajstić information content (AvgIpc) is 2.16. The molecule has 1 unspecified atom stereocenters. The minimum atomic E-state index is -1.02. The van der Waals surface area contributed by atoms with Gasteiger partial charge in [-0.25, -0.2) is 4.39 Å². The molecule has 0 amide bonds. The summed E-state index contributed by atoms with van der Waals surface area (Å²) in [7, 11) is 0. The molecule has 0 radical (unpaired) electrons. The summed E-state index contributed by atoms with van der Waals surface area (Å²) in [5, 5.41) is 10.5. The van der Waals surface area contributed by atoms with Gasteiger partial charge in [0.25, 0.3) is 0 Å². The Morgan fingerprint density at radius 3 is 2.31 bits per heavy atom. The standard InChI is InChI=1S/C14H21FO/c1-5-7-14(16,6-2)13-11(4)8-10(3)9-12(13)15/h8-9,16H,5-7H2,1-4H3. The summed E-state index contributed by atoms with van der Waals surface area (Å²) < 4.78 is 14.0. The van der Waals surface area contributed by atoms with Crippen LogP contribution in [0.5, 0.6) is 0 Å². The van der Waals surface area contributed by atoms with Gasteiger partial charge in [-0.05, 0) is 43.9 Å². The van der Waals surface area contributed by atoms with Crippen molar-refractivity contribution in [3.8, 4) is 0 Å². The molecule has 0 aromatic heterocycles. The third-order valence-corrected chi connectivity index (χ3v) is 3.15. The van der Waals surface area contributed by atoms with Gasteiger partial charge in [0.2, 0.25) is 0 Å². The fourth-order valence-corrected chi connectivity index (χ4v) is 2.40. The van der Waals surface area contributed by atoms with E-state index in [2.05, 4.69) is 0 Å². The first-order valence-corrected chi connectivity index (χ1v) is 5.94.